The van der Waals surface area contributed by atoms with E-state index < -0.39 is 9.84 Å². The molecule has 0 atom stereocenters. The molecule has 2 fully saturated rings. The smallest absolute Gasteiger partial charge is 0.210 e. The molecule has 0 saturated carbocycles. The highest BCUT2D eigenvalue weighted by Gasteiger charge is 2.31. The Bertz CT molecular complexity index is 1330. The molecule has 0 radical (unpaired) electrons. The molecule has 3 heterocycles. The Balaban J connectivity index is 1.49. The van der Waals surface area contributed by atoms with Crippen LogP contribution in [0.5, 0.6) is 5.75 Å². The van der Waals surface area contributed by atoms with Crippen molar-refractivity contribution in [1.82, 2.24) is 9.88 Å². The highest BCUT2D eigenvalue weighted by molar-refractivity contribution is 7.98. The Morgan fingerprint density at radius 3 is 2.47 bits per heavy atom. The second-order valence-electron chi connectivity index (χ2n) is 9.90. The maximum atomic E-state index is 14.0. The summed E-state index contributed by atoms with van der Waals surface area (Å²) in [6.45, 7) is 7.86. The molecule has 2 saturated heterocycles. The fraction of sp³-hybridized carbons (Fsp3) is 0.483. The van der Waals surface area contributed by atoms with Gasteiger partial charge in [-0.05, 0) is 68.0 Å². The van der Waals surface area contributed by atoms with Crippen molar-refractivity contribution in [1.29, 1.82) is 0 Å². The van der Waals surface area contributed by atoms with Gasteiger partial charge in [-0.2, -0.15) is 0 Å². The zero-order valence-electron chi connectivity index (χ0n) is 22.3. The molecule has 1 aromatic heterocycles. The minimum Gasteiger partial charge on any atom is -0.494 e. The first kappa shape index (κ1) is 27.2. The van der Waals surface area contributed by atoms with Crippen molar-refractivity contribution in [2.45, 2.75) is 53.3 Å². The Hall–Kier alpha value is -2.33. The fourth-order valence-corrected chi connectivity index (χ4v) is 7.24. The number of ether oxygens (including phenoxy) is 2. The van der Waals surface area contributed by atoms with E-state index in [4.69, 9.17) is 9.47 Å². The second kappa shape index (κ2) is 12.2. The molecule has 0 N–H and O–H groups in total. The first-order chi connectivity index (χ1) is 18.5. The maximum absolute atomic E-state index is 14.0. The van der Waals surface area contributed by atoms with Crippen molar-refractivity contribution in [3.05, 3.63) is 48.7 Å². The minimum atomic E-state index is -3.80. The van der Waals surface area contributed by atoms with Crippen LogP contribution in [-0.4, -0.2) is 76.6 Å². The van der Waals surface area contributed by atoms with Crippen LogP contribution in [0.3, 0.4) is 0 Å². The van der Waals surface area contributed by atoms with Gasteiger partial charge in [0.25, 0.3) is 0 Å². The van der Waals surface area contributed by atoms with Crippen LogP contribution in [0.2, 0.25) is 0 Å². The predicted octanol–water partition coefficient (Wildman–Crippen LogP) is 5.27. The van der Waals surface area contributed by atoms with Crippen molar-refractivity contribution in [3.8, 4) is 5.75 Å². The highest BCUT2D eigenvalue weighted by atomic mass is 32.2. The molecule has 3 aromatic rings. The summed E-state index contributed by atoms with van der Waals surface area (Å²) in [4.78, 5) is 11.0. The van der Waals surface area contributed by atoms with Gasteiger partial charge in [0.05, 0.1) is 35.9 Å². The molecule has 0 aliphatic carbocycles. The lowest BCUT2D eigenvalue weighted by Crippen LogP contribution is -2.49. The van der Waals surface area contributed by atoms with Crippen molar-refractivity contribution in [2.24, 2.45) is 0 Å². The Morgan fingerprint density at radius 2 is 1.79 bits per heavy atom. The molecular formula is C29H37N3O4S2. The first-order valence-corrected chi connectivity index (χ1v) is 16.2. The number of fused-ring (bicyclic) bond motifs is 1. The van der Waals surface area contributed by atoms with E-state index in [0.29, 0.717) is 18.4 Å². The Labute approximate surface area is 230 Å². The fourth-order valence-electron chi connectivity index (χ4n) is 5.36. The van der Waals surface area contributed by atoms with Crippen LogP contribution in [0.1, 0.15) is 32.6 Å². The van der Waals surface area contributed by atoms with E-state index in [-0.39, 0.29) is 9.79 Å². The topological polar surface area (TPSA) is 72.0 Å². The van der Waals surface area contributed by atoms with Crippen molar-refractivity contribution >= 4 is 38.2 Å². The van der Waals surface area contributed by atoms with E-state index in [1.165, 1.54) is 0 Å². The average molecular weight is 556 g/mol. The first-order valence-electron chi connectivity index (χ1n) is 13.5. The van der Waals surface area contributed by atoms with E-state index >= 15 is 0 Å². The van der Waals surface area contributed by atoms with Gasteiger partial charge in [0.1, 0.15) is 10.6 Å². The third-order valence-electron chi connectivity index (χ3n) is 7.55. The number of piperidine rings is 1. The van der Waals surface area contributed by atoms with Gasteiger partial charge < -0.3 is 14.4 Å². The summed E-state index contributed by atoms with van der Waals surface area (Å²) in [6, 6.07) is 13.4. The van der Waals surface area contributed by atoms with E-state index in [9.17, 15) is 8.42 Å². The van der Waals surface area contributed by atoms with E-state index in [2.05, 4.69) is 27.8 Å². The molecular weight excluding hydrogens is 518 g/mol. The zero-order valence-corrected chi connectivity index (χ0v) is 23.9. The van der Waals surface area contributed by atoms with Crippen molar-refractivity contribution in [3.63, 3.8) is 0 Å². The summed E-state index contributed by atoms with van der Waals surface area (Å²) in [7, 11) is -3.80. The van der Waals surface area contributed by atoms with E-state index in [1.807, 2.05) is 18.4 Å². The van der Waals surface area contributed by atoms with Crippen LogP contribution in [0, 0.1) is 0 Å². The number of pyridine rings is 1. The summed E-state index contributed by atoms with van der Waals surface area (Å²) >= 11 is 1.65. The van der Waals surface area contributed by atoms with Crippen LogP contribution >= 0.6 is 11.8 Å². The standard InChI is InChI=1S/C29H37N3O4S2/c1-3-4-17-36-23-5-8-25(9-6-23)38(33,34)28-21-30-27-10-7-24(37-2)20-26(27)29(28)32-13-11-22(12-14-32)31-15-18-35-19-16-31/h5-10,20-22H,3-4,11-19H2,1-2H3. The normalized spacial score (nSPS) is 17.7. The molecule has 2 aromatic carbocycles. The van der Waals surface area contributed by atoms with Crippen LogP contribution in [0.25, 0.3) is 10.9 Å². The molecule has 204 valence electrons. The zero-order chi connectivity index (χ0) is 26.5. The largest absolute Gasteiger partial charge is 0.494 e. The molecule has 38 heavy (non-hydrogen) atoms. The lowest BCUT2D eigenvalue weighted by atomic mass is 10.0. The van der Waals surface area contributed by atoms with Crippen LogP contribution in [0.4, 0.5) is 5.69 Å². The molecule has 0 unspecified atom stereocenters. The number of rotatable bonds is 9. The van der Waals surface area contributed by atoms with E-state index in [0.717, 1.165) is 86.6 Å². The molecule has 9 heteroatoms. The molecule has 0 amide bonds. The third-order valence-corrected chi connectivity index (χ3v) is 10.0. The van der Waals surface area contributed by atoms with Crippen LogP contribution < -0.4 is 9.64 Å². The number of hydrogen-bond donors (Lipinski definition) is 0. The lowest BCUT2D eigenvalue weighted by molar-refractivity contribution is 0.0115. The van der Waals surface area contributed by atoms with Gasteiger partial charge in [0, 0.05) is 48.7 Å². The number of benzene rings is 2. The molecule has 2 aliphatic rings. The molecule has 0 bridgehead atoms. The number of sulfone groups is 1. The number of anilines is 1. The average Bonchev–Trinajstić information content (AvgIpc) is 2.97. The summed E-state index contributed by atoms with van der Waals surface area (Å²) in [6.07, 6.45) is 7.58. The quantitative estimate of drug-likeness (QED) is 0.261. The SMILES string of the molecule is CCCCOc1ccc(S(=O)(=O)c2cnc3ccc(SC)cc3c2N2CCC(N3CCOCC3)CC2)cc1. The van der Waals surface area contributed by atoms with Gasteiger partial charge in [0.2, 0.25) is 9.84 Å². The van der Waals surface area contributed by atoms with Gasteiger partial charge in [-0.15, -0.1) is 11.8 Å². The van der Waals surface area contributed by atoms with Gasteiger partial charge >= 0.3 is 0 Å². The lowest BCUT2D eigenvalue weighted by Gasteiger charge is -2.41. The number of unbranched alkanes of at least 4 members (excludes halogenated alkanes) is 1. The Kier molecular flexibility index (Phi) is 8.77. The van der Waals surface area contributed by atoms with Crippen LogP contribution in [-0.2, 0) is 14.6 Å². The third kappa shape index (κ3) is 5.81. The van der Waals surface area contributed by atoms with Crippen molar-refractivity contribution < 1.29 is 17.9 Å². The number of aromatic nitrogens is 1. The number of morpholine rings is 1. The van der Waals surface area contributed by atoms with Gasteiger partial charge in [0.15, 0.2) is 0 Å². The molecule has 5 rings (SSSR count). The predicted molar refractivity (Wildman–Crippen MR) is 153 cm³/mol. The number of nitrogens with zero attached hydrogens (tertiary/aromatic N) is 3. The monoisotopic (exact) mass is 555 g/mol. The number of hydrogen-bond acceptors (Lipinski definition) is 8. The summed E-state index contributed by atoms with van der Waals surface area (Å²) < 4.78 is 39.4. The molecule has 0 spiro atoms. The number of thioether (sulfide) groups is 1. The van der Waals surface area contributed by atoms with Gasteiger partial charge in [-0.25, -0.2) is 8.42 Å². The summed E-state index contributed by atoms with van der Waals surface area (Å²) in [5, 5.41) is 0.891. The maximum Gasteiger partial charge on any atom is 0.210 e. The van der Waals surface area contributed by atoms with E-state index in [1.54, 1.807) is 42.2 Å². The Morgan fingerprint density at radius 1 is 1.05 bits per heavy atom. The second-order valence-corrected chi connectivity index (χ2v) is 12.7. The van der Waals surface area contributed by atoms with Crippen molar-refractivity contribution in [2.75, 3.05) is 57.2 Å². The van der Waals surface area contributed by atoms with Gasteiger partial charge in [-0.1, -0.05) is 13.3 Å². The molecule has 2 aliphatic heterocycles. The minimum absolute atomic E-state index is 0.256. The highest BCUT2D eigenvalue weighted by Crippen LogP contribution is 2.39. The molecule has 7 nitrogen and oxygen atoms in total. The van der Waals surface area contributed by atoms with Crippen LogP contribution in [0.15, 0.2) is 63.3 Å². The summed E-state index contributed by atoms with van der Waals surface area (Å²) in [5.74, 6) is 0.684. The summed E-state index contributed by atoms with van der Waals surface area (Å²) in [5.41, 5.74) is 1.58. The van der Waals surface area contributed by atoms with Gasteiger partial charge in [-0.3, -0.25) is 9.88 Å².